The van der Waals surface area contributed by atoms with Gasteiger partial charge in [0.15, 0.2) is 11.5 Å². The first-order valence-corrected chi connectivity index (χ1v) is 11.6. The van der Waals surface area contributed by atoms with E-state index < -0.39 is 0 Å². The summed E-state index contributed by atoms with van der Waals surface area (Å²) in [5, 5.41) is 0. The monoisotopic (exact) mass is 456 g/mol. The van der Waals surface area contributed by atoms with Gasteiger partial charge in [-0.3, -0.25) is 9.59 Å². The van der Waals surface area contributed by atoms with Crippen LogP contribution in [0.5, 0.6) is 11.5 Å². The van der Waals surface area contributed by atoms with Crippen LogP contribution in [0.4, 0.5) is 0 Å². The molecule has 1 aliphatic heterocycles. The van der Waals surface area contributed by atoms with Crippen molar-refractivity contribution in [3.8, 4) is 11.5 Å². The number of nitrogens with zero attached hydrogens (tertiary/aromatic N) is 2. The zero-order valence-electron chi connectivity index (χ0n) is 19.2. The lowest BCUT2D eigenvalue weighted by Crippen LogP contribution is -2.46. The van der Waals surface area contributed by atoms with Crippen molar-refractivity contribution in [3.63, 3.8) is 0 Å². The number of methoxy groups -OCH3 is 1. The Hall–Kier alpha value is -3.00. The van der Waals surface area contributed by atoms with Crippen LogP contribution >= 0.6 is 0 Å². The van der Waals surface area contributed by atoms with Crippen LogP contribution in [0.25, 0.3) is 0 Å². The molecule has 2 aromatic rings. The fraction of sp³-hybridized carbons (Fsp3) is 0.520. The third kappa shape index (κ3) is 6.07. The van der Waals surface area contributed by atoms with E-state index in [9.17, 15) is 9.59 Å². The van der Waals surface area contributed by atoms with Crippen LogP contribution in [-0.2, 0) is 27.4 Å². The summed E-state index contributed by atoms with van der Waals surface area (Å²) in [4.78, 5) is 30.1. The lowest BCUT2D eigenvalue weighted by molar-refractivity contribution is -0.144. The van der Waals surface area contributed by atoms with E-state index in [0.29, 0.717) is 43.5 Å². The predicted octanol–water partition coefficient (Wildman–Crippen LogP) is 3.59. The van der Waals surface area contributed by atoms with Crippen LogP contribution < -0.4 is 9.47 Å². The van der Waals surface area contributed by atoms with Crippen LogP contribution in [0.2, 0.25) is 0 Å². The molecular weight excluding hydrogens is 424 g/mol. The second-order valence-corrected chi connectivity index (χ2v) is 8.60. The minimum atomic E-state index is -0.135. The topological polar surface area (TPSA) is 81.5 Å². The molecule has 0 saturated heterocycles. The average Bonchev–Trinajstić information content (AvgIpc) is 3.53. The number of hydrogen-bond donors (Lipinski definition) is 0. The van der Waals surface area contributed by atoms with Crippen molar-refractivity contribution >= 4 is 11.8 Å². The summed E-state index contributed by atoms with van der Waals surface area (Å²) in [5.74, 6) is 1.98. The van der Waals surface area contributed by atoms with Crippen LogP contribution in [0.15, 0.2) is 41.0 Å². The zero-order valence-corrected chi connectivity index (χ0v) is 19.2. The van der Waals surface area contributed by atoms with Crippen molar-refractivity contribution in [2.45, 2.75) is 45.2 Å². The lowest BCUT2D eigenvalue weighted by Gasteiger charge is -2.31. The highest BCUT2D eigenvalue weighted by Crippen LogP contribution is 2.33. The highest BCUT2D eigenvalue weighted by atomic mass is 16.7. The van der Waals surface area contributed by atoms with Crippen LogP contribution in [0.3, 0.4) is 0 Å². The maximum absolute atomic E-state index is 13.5. The summed E-state index contributed by atoms with van der Waals surface area (Å²) in [7, 11) is 1.61. The lowest BCUT2D eigenvalue weighted by atomic mass is 9.88. The van der Waals surface area contributed by atoms with Crippen molar-refractivity contribution in [3.05, 3.63) is 47.9 Å². The Labute approximate surface area is 194 Å². The van der Waals surface area contributed by atoms with Gasteiger partial charge in [0.2, 0.25) is 18.6 Å². The van der Waals surface area contributed by atoms with E-state index in [0.717, 1.165) is 31.2 Å². The second-order valence-electron chi connectivity index (χ2n) is 8.60. The van der Waals surface area contributed by atoms with Gasteiger partial charge in [0.25, 0.3) is 0 Å². The molecule has 8 heteroatoms. The summed E-state index contributed by atoms with van der Waals surface area (Å²) in [6, 6.07) is 9.31. The molecule has 8 nitrogen and oxygen atoms in total. The number of ether oxygens (including phenoxy) is 3. The van der Waals surface area contributed by atoms with E-state index in [1.165, 1.54) is 6.42 Å². The quantitative estimate of drug-likeness (QED) is 0.544. The molecule has 0 N–H and O–H groups in total. The van der Waals surface area contributed by atoms with Crippen molar-refractivity contribution in [1.29, 1.82) is 0 Å². The molecule has 0 spiro atoms. The SMILES string of the molecule is COCCN(CC(=O)N(Cc1ccc2c(c1)OCO2)Cc1ccco1)C(=O)C1CCCCC1. The molecule has 2 aliphatic rings. The first-order valence-electron chi connectivity index (χ1n) is 11.6. The molecular formula is C25H32N2O6. The number of rotatable bonds is 10. The molecule has 1 aromatic carbocycles. The predicted molar refractivity (Wildman–Crippen MR) is 121 cm³/mol. The molecule has 2 heterocycles. The molecule has 33 heavy (non-hydrogen) atoms. The molecule has 0 bridgehead atoms. The number of benzene rings is 1. The van der Waals surface area contributed by atoms with E-state index in [1.807, 2.05) is 24.3 Å². The Balaban J connectivity index is 1.48. The second kappa shape index (κ2) is 11.2. The fourth-order valence-corrected chi connectivity index (χ4v) is 4.42. The van der Waals surface area contributed by atoms with Gasteiger partial charge >= 0.3 is 0 Å². The Morgan fingerprint density at radius 1 is 1.03 bits per heavy atom. The first-order chi connectivity index (χ1) is 16.1. The van der Waals surface area contributed by atoms with Gasteiger partial charge in [0, 0.05) is 26.1 Å². The Morgan fingerprint density at radius 2 is 1.85 bits per heavy atom. The molecule has 1 aliphatic carbocycles. The number of carbonyl (C=O) groups excluding carboxylic acids is 2. The smallest absolute Gasteiger partial charge is 0.242 e. The molecule has 4 rings (SSSR count). The van der Waals surface area contributed by atoms with E-state index in [2.05, 4.69) is 0 Å². The summed E-state index contributed by atoms with van der Waals surface area (Å²) in [5.41, 5.74) is 0.918. The molecule has 1 fully saturated rings. The van der Waals surface area contributed by atoms with E-state index in [1.54, 1.807) is 29.2 Å². The van der Waals surface area contributed by atoms with Gasteiger partial charge in [-0.15, -0.1) is 0 Å². The number of carbonyl (C=O) groups is 2. The summed E-state index contributed by atoms with van der Waals surface area (Å²) in [6.07, 6.45) is 6.69. The number of hydrogen-bond acceptors (Lipinski definition) is 6. The largest absolute Gasteiger partial charge is 0.467 e. The van der Waals surface area contributed by atoms with Crippen molar-refractivity contribution in [2.24, 2.45) is 5.92 Å². The van der Waals surface area contributed by atoms with Gasteiger partial charge in [-0.1, -0.05) is 25.3 Å². The fourth-order valence-electron chi connectivity index (χ4n) is 4.42. The van der Waals surface area contributed by atoms with Gasteiger partial charge in [-0.2, -0.15) is 0 Å². The van der Waals surface area contributed by atoms with E-state index in [4.69, 9.17) is 18.6 Å². The third-order valence-electron chi connectivity index (χ3n) is 6.25. The highest BCUT2D eigenvalue weighted by Gasteiger charge is 2.29. The third-order valence-corrected chi connectivity index (χ3v) is 6.25. The number of fused-ring (bicyclic) bond motifs is 1. The first kappa shape index (κ1) is 23.2. The maximum atomic E-state index is 13.5. The maximum Gasteiger partial charge on any atom is 0.242 e. The van der Waals surface area contributed by atoms with Gasteiger partial charge in [-0.05, 0) is 42.7 Å². The van der Waals surface area contributed by atoms with Crippen LogP contribution in [0, 0.1) is 5.92 Å². The van der Waals surface area contributed by atoms with Gasteiger partial charge < -0.3 is 28.4 Å². The van der Waals surface area contributed by atoms with Crippen molar-refractivity contribution in [1.82, 2.24) is 9.80 Å². The average molecular weight is 457 g/mol. The highest BCUT2D eigenvalue weighted by molar-refractivity contribution is 5.86. The Bertz CT molecular complexity index is 923. The molecule has 0 atom stereocenters. The Kier molecular flexibility index (Phi) is 7.88. The number of furan rings is 1. The van der Waals surface area contributed by atoms with E-state index in [-0.39, 0.29) is 31.1 Å². The minimum Gasteiger partial charge on any atom is -0.467 e. The summed E-state index contributed by atoms with van der Waals surface area (Å²) >= 11 is 0. The molecule has 1 aromatic heterocycles. The molecule has 0 unspecified atom stereocenters. The number of amides is 2. The van der Waals surface area contributed by atoms with Crippen molar-refractivity contribution < 1.29 is 28.2 Å². The van der Waals surface area contributed by atoms with E-state index >= 15 is 0 Å². The molecule has 0 radical (unpaired) electrons. The van der Waals surface area contributed by atoms with Crippen molar-refractivity contribution in [2.75, 3.05) is 33.6 Å². The normalized spacial score (nSPS) is 15.4. The van der Waals surface area contributed by atoms with Crippen LogP contribution in [0.1, 0.15) is 43.4 Å². The molecule has 1 saturated carbocycles. The standard InChI is InChI=1S/C25H32N2O6/c1-30-13-11-26(25(29)20-6-3-2-4-7-20)17-24(28)27(16-21-8-5-12-31-21)15-19-9-10-22-23(14-19)33-18-32-22/h5,8-10,12,14,20H,2-4,6-7,11,13,15-18H2,1H3. The summed E-state index contributed by atoms with van der Waals surface area (Å²) in [6.45, 7) is 1.69. The summed E-state index contributed by atoms with van der Waals surface area (Å²) < 4.78 is 21.6. The van der Waals surface area contributed by atoms with Gasteiger partial charge in [0.05, 0.1) is 26.0 Å². The van der Waals surface area contributed by atoms with Gasteiger partial charge in [-0.25, -0.2) is 0 Å². The van der Waals surface area contributed by atoms with Gasteiger partial charge in [0.1, 0.15) is 5.76 Å². The van der Waals surface area contributed by atoms with Crippen LogP contribution in [-0.4, -0.2) is 55.2 Å². The molecule has 178 valence electrons. The minimum absolute atomic E-state index is 0.00390. The molecule has 2 amide bonds. The zero-order chi connectivity index (χ0) is 23.0. The Morgan fingerprint density at radius 3 is 2.61 bits per heavy atom.